The number of allylic oxidation sites excluding steroid dienone is 1. The van der Waals surface area contributed by atoms with Crippen LogP contribution in [0.25, 0.3) is 0 Å². The van der Waals surface area contributed by atoms with E-state index in [1.165, 1.54) is 0 Å². The second kappa shape index (κ2) is 6.31. The van der Waals surface area contributed by atoms with Crippen molar-refractivity contribution in [1.82, 2.24) is 0 Å². The number of ether oxygens (including phenoxy) is 3. The Balaban J connectivity index is 3.33. The van der Waals surface area contributed by atoms with Gasteiger partial charge in [-0.15, -0.1) is 0 Å². The molecule has 1 rings (SSSR count). The van der Waals surface area contributed by atoms with Crippen molar-refractivity contribution < 1.29 is 14.2 Å². The van der Waals surface area contributed by atoms with Crippen LogP contribution in [-0.4, -0.2) is 21.3 Å². The second-order valence-corrected chi connectivity index (χ2v) is 4.19. The van der Waals surface area contributed by atoms with Gasteiger partial charge in [0.25, 0.3) is 0 Å². The Hall–Kier alpha value is -1.68. The van der Waals surface area contributed by atoms with E-state index in [9.17, 15) is 0 Å². The number of hydrogen-bond acceptors (Lipinski definition) is 4. The quantitative estimate of drug-likeness (QED) is 0.817. The first kappa shape index (κ1) is 14.4. The van der Waals surface area contributed by atoms with Gasteiger partial charge in [-0.1, -0.05) is 11.6 Å². The summed E-state index contributed by atoms with van der Waals surface area (Å²) in [4.78, 5) is 0. The summed E-state index contributed by atoms with van der Waals surface area (Å²) in [6.07, 6.45) is 1.98. The molecule has 0 fully saturated rings. The SMILES string of the molecule is COc1ccc(C(N)C=C(C)C)c(OC)c1OC. The Bertz CT molecular complexity index is 437. The van der Waals surface area contributed by atoms with Gasteiger partial charge in [0, 0.05) is 5.56 Å². The van der Waals surface area contributed by atoms with Gasteiger partial charge >= 0.3 is 0 Å². The Morgan fingerprint density at radius 3 is 2.11 bits per heavy atom. The molecule has 0 spiro atoms. The van der Waals surface area contributed by atoms with Crippen LogP contribution in [0.2, 0.25) is 0 Å². The third kappa shape index (κ3) is 2.96. The van der Waals surface area contributed by atoms with Crippen LogP contribution >= 0.6 is 0 Å². The van der Waals surface area contributed by atoms with Crippen molar-refractivity contribution in [3.05, 3.63) is 29.3 Å². The maximum Gasteiger partial charge on any atom is 0.203 e. The highest BCUT2D eigenvalue weighted by Crippen LogP contribution is 2.41. The minimum atomic E-state index is -0.232. The molecule has 0 saturated carbocycles. The van der Waals surface area contributed by atoms with Gasteiger partial charge in [-0.2, -0.15) is 0 Å². The zero-order valence-electron chi connectivity index (χ0n) is 11.6. The van der Waals surface area contributed by atoms with Gasteiger partial charge in [0.1, 0.15) is 0 Å². The minimum absolute atomic E-state index is 0.232. The molecule has 2 N–H and O–H groups in total. The zero-order chi connectivity index (χ0) is 13.7. The molecule has 0 bridgehead atoms. The normalized spacial score (nSPS) is 11.7. The number of rotatable bonds is 5. The Labute approximate surface area is 108 Å². The molecule has 0 saturated heterocycles. The van der Waals surface area contributed by atoms with Gasteiger partial charge in [0.15, 0.2) is 11.5 Å². The molecule has 1 aromatic rings. The molecule has 0 aliphatic heterocycles. The number of hydrogen-bond donors (Lipinski definition) is 1. The van der Waals surface area contributed by atoms with Crippen molar-refractivity contribution in [3.8, 4) is 17.2 Å². The summed E-state index contributed by atoms with van der Waals surface area (Å²) < 4.78 is 16.0. The number of methoxy groups -OCH3 is 3. The van der Waals surface area contributed by atoms with E-state index in [1.54, 1.807) is 21.3 Å². The van der Waals surface area contributed by atoms with Gasteiger partial charge in [0.2, 0.25) is 5.75 Å². The average Bonchev–Trinajstić information content (AvgIpc) is 2.35. The lowest BCUT2D eigenvalue weighted by Gasteiger charge is -2.18. The number of benzene rings is 1. The molecule has 1 unspecified atom stereocenters. The van der Waals surface area contributed by atoms with Crippen LogP contribution in [0, 0.1) is 0 Å². The van der Waals surface area contributed by atoms with Gasteiger partial charge in [0.05, 0.1) is 27.4 Å². The average molecular weight is 251 g/mol. The highest BCUT2D eigenvalue weighted by molar-refractivity contribution is 5.57. The highest BCUT2D eigenvalue weighted by atomic mass is 16.5. The molecule has 0 aliphatic rings. The number of nitrogens with two attached hydrogens (primary N) is 1. The standard InChI is InChI=1S/C14H21NO3/c1-9(2)8-11(15)10-6-7-12(16-3)14(18-5)13(10)17-4/h6-8,11H,15H2,1-5H3. The Kier molecular flexibility index (Phi) is 5.04. The lowest BCUT2D eigenvalue weighted by Crippen LogP contribution is -2.10. The van der Waals surface area contributed by atoms with Crippen molar-refractivity contribution >= 4 is 0 Å². The summed E-state index contributed by atoms with van der Waals surface area (Å²) in [5, 5.41) is 0. The van der Waals surface area contributed by atoms with Gasteiger partial charge < -0.3 is 19.9 Å². The molecule has 0 aromatic heterocycles. The fourth-order valence-electron chi connectivity index (χ4n) is 1.84. The van der Waals surface area contributed by atoms with Crippen molar-refractivity contribution in [1.29, 1.82) is 0 Å². The summed E-state index contributed by atoms with van der Waals surface area (Å²) in [5.41, 5.74) is 8.16. The fraction of sp³-hybridized carbons (Fsp3) is 0.429. The smallest absolute Gasteiger partial charge is 0.203 e. The van der Waals surface area contributed by atoms with Crippen LogP contribution in [-0.2, 0) is 0 Å². The Morgan fingerprint density at radius 2 is 1.67 bits per heavy atom. The van der Waals surface area contributed by atoms with Crippen LogP contribution in [0.1, 0.15) is 25.5 Å². The molecule has 1 atom stereocenters. The molecule has 1 aromatic carbocycles. The van der Waals surface area contributed by atoms with Crippen LogP contribution < -0.4 is 19.9 Å². The van der Waals surface area contributed by atoms with Crippen LogP contribution in [0.3, 0.4) is 0 Å². The van der Waals surface area contributed by atoms with E-state index in [0.717, 1.165) is 11.1 Å². The summed E-state index contributed by atoms with van der Waals surface area (Å²) >= 11 is 0. The van der Waals surface area contributed by atoms with E-state index in [4.69, 9.17) is 19.9 Å². The third-order valence-electron chi connectivity index (χ3n) is 2.61. The van der Waals surface area contributed by atoms with E-state index >= 15 is 0 Å². The molecule has 18 heavy (non-hydrogen) atoms. The molecule has 0 aliphatic carbocycles. The van der Waals surface area contributed by atoms with Crippen molar-refractivity contribution in [3.63, 3.8) is 0 Å². The van der Waals surface area contributed by atoms with Crippen molar-refractivity contribution in [2.24, 2.45) is 5.73 Å². The maximum absolute atomic E-state index is 6.13. The monoisotopic (exact) mass is 251 g/mol. The molecule has 100 valence electrons. The van der Waals surface area contributed by atoms with Gasteiger partial charge in [-0.3, -0.25) is 0 Å². The topological polar surface area (TPSA) is 53.7 Å². The fourth-order valence-corrected chi connectivity index (χ4v) is 1.84. The molecule has 0 radical (unpaired) electrons. The maximum atomic E-state index is 6.13. The molecule has 4 nitrogen and oxygen atoms in total. The Morgan fingerprint density at radius 1 is 1.06 bits per heavy atom. The van der Waals surface area contributed by atoms with Crippen molar-refractivity contribution in [2.75, 3.05) is 21.3 Å². The van der Waals surface area contributed by atoms with E-state index in [0.29, 0.717) is 17.2 Å². The zero-order valence-corrected chi connectivity index (χ0v) is 11.6. The van der Waals surface area contributed by atoms with E-state index in [-0.39, 0.29) is 6.04 Å². The van der Waals surface area contributed by atoms with E-state index in [2.05, 4.69) is 0 Å². The minimum Gasteiger partial charge on any atom is -0.493 e. The van der Waals surface area contributed by atoms with Gasteiger partial charge in [-0.25, -0.2) is 0 Å². The predicted octanol–water partition coefficient (Wildman–Crippen LogP) is 2.68. The summed E-state index contributed by atoms with van der Waals surface area (Å²) in [6.45, 7) is 4.01. The van der Waals surface area contributed by atoms with E-state index < -0.39 is 0 Å². The summed E-state index contributed by atoms with van der Waals surface area (Å²) in [7, 11) is 4.76. The van der Waals surface area contributed by atoms with Crippen molar-refractivity contribution in [2.45, 2.75) is 19.9 Å². The lowest BCUT2D eigenvalue weighted by molar-refractivity contribution is 0.321. The van der Waals surface area contributed by atoms with Crippen LogP contribution in [0.4, 0.5) is 0 Å². The largest absolute Gasteiger partial charge is 0.493 e. The first-order valence-electron chi connectivity index (χ1n) is 5.74. The molecular weight excluding hydrogens is 230 g/mol. The van der Waals surface area contributed by atoms with Gasteiger partial charge in [-0.05, 0) is 26.0 Å². The first-order chi connectivity index (χ1) is 8.54. The molecule has 0 heterocycles. The third-order valence-corrected chi connectivity index (χ3v) is 2.61. The van der Waals surface area contributed by atoms with Crippen LogP contribution in [0.15, 0.2) is 23.8 Å². The first-order valence-corrected chi connectivity index (χ1v) is 5.74. The second-order valence-electron chi connectivity index (χ2n) is 4.19. The molecule has 4 heteroatoms. The van der Waals surface area contributed by atoms with E-state index in [1.807, 2.05) is 32.1 Å². The summed E-state index contributed by atoms with van der Waals surface area (Å²) in [6, 6.07) is 3.49. The van der Waals surface area contributed by atoms with Crippen LogP contribution in [0.5, 0.6) is 17.2 Å². The molecular formula is C14H21NO3. The lowest BCUT2D eigenvalue weighted by atomic mass is 10.0. The summed E-state index contributed by atoms with van der Waals surface area (Å²) in [5.74, 6) is 1.81. The highest BCUT2D eigenvalue weighted by Gasteiger charge is 2.18. The molecule has 0 amide bonds. The predicted molar refractivity (Wildman–Crippen MR) is 72.5 cm³/mol.